The van der Waals surface area contributed by atoms with Crippen molar-refractivity contribution in [3.8, 4) is 0 Å². The van der Waals surface area contributed by atoms with Crippen molar-refractivity contribution in [2.75, 3.05) is 6.54 Å². The van der Waals surface area contributed by atoms with Crippen LogP contribution in [0.15, 0.2) is 0 Å². The Bertz CT molecular complexity index is 319. The van der Waals surface area contributed by atoms with Crippen molar-refractivity contribution in [3.05, 3.63) is 0 Å². The van der Waals surface area contributed by atoms with E-state index in [-0.39, 0.29) is 29.7 Å². The summed E-state index contributed by atoms with van der Waals surface area (Å²) < 4.78 is 0. The van der Waals surface area contributed by atoms with Crippen LogP contribution in [0.4, 0.5) is 0 Å². The van der Waals surface area contributed by atoms with Gasteiger partial charge < -0.3 is 5.73 Å². The van der Waals surface area contributed by atoms with Crippen molar-refractivity contribution in [1.29, 1.82) is 0 Å². The smallest absolute Gasteiger partial charge is 0.233 e. The first-order valence-electron chi connectivity index (χ1n) is 7.19. The van der Waals surface area contributed by atoms with E-state index < -0.39 is 0 Å². The highest BCUT2D eigenvalue weighted by atomic mass is 16.2. The number of rotatable bonds is 5. The molecule has 0 aromatic carbocycles. The van der Waals surface area contributed by atoms with Crippen molar-refractivity contribution in [2.24, 2.45) is 23.5 Å². The number of fused-ring (bicyclic) bond motifs is 1. The molecule has 1 aliphatic carbocycles. The zero-order chi connectivity index (χ0) is 13.3. The summed E-state index contributed by atoms with van der Waals surface area (Å²) in [7, 11) is 0. The molecule has 2 amide bonds. The van der Waals surface area contributed by atoms with E-state index in [0.29, 0.717) is 12.5 Å². The third kappa shape index (κ3) is 2.30. The first-order valence-corrected chi connectivity index (χ1v) is 7.19. The molecule has 2 aliphatic rings. The number of likely N-dealkylation sites (tertiary alicyclic amines) is 1. The van der Waals surface area contributed by atoms with Crippen LogP contribution in [0.3, 0.4) is 0 Å². The van der Waals surface area contributed by atoms with Gasteiger partial charge in [-0.25, -0.2) is 0 Å². The van der Waals surface area contributed by atoms with Gasteiger partial charge >= 0.3 is 0 Å². The lowest BCUT2D eigenvalue weighted by molar-refractivity contribution is -0.140. The van der Waals surface area contributed by atoms with Crippen molar-refractivity contribution in [1.82, 2.24) is 4.90 Å². The number of amides is 2. The summed E-state index contributed by atoms with van der Waals surface area (Å²) >= 11 is 0. The van der Waals surface area contributed by atoms with Crippen LogP contribution in [0.1, 0.15) is 46.0 Å². The zero-order valence-corrected chi connectivity index (χ0v) is 11.4. The molecule has 0 bridgehead atoms. The molecular weight excluding hydrogens is 228 g/mol. The Balaban J connectivity index is 2.00. The second-order valence-electron chi connectivity index (χ2n) is 5.79. The van der Waals surface area contributed by atoms with E-state index in [1.54, 1.807) is 0 Å². The van der Waals surface area contributed by atoms with Crippen LogP contribution in [0.2, 0.25) is 0 Å². The molecule has 0 spiro atoms. The minimum atomic E-state index is -0.0660. The van der Waals surface area contributed by atoms with Crippen LogP contribution in [-0.4, -0.2) is 29.3 Å². The predicted molar refractivity (Wildman–Crippen MR) is 69.6 cm³/mol. The standard InChI is InChI=1S/C14H24N2O2/c1-3-5-10(15)8-16-13(17)11-6-9(4-2)7-12(11)14(16)18/h9-12H,3-8,15H2,1-2H3. The topological polar surface area (TPSA) is 63.4 Å². The Kier molecular flexibility index (Phi) is 4.05. The van der Waals surface area contributed by atoms with Crippen molar-refractivity contribution >= 4 is 11.8 Å². The lowest BCUT2D eigenvalue weighted by Crippen LogP contribution is -2.42. The van der Waals surface area contributed by atoms with Gasteiger partial charge in [-0.05, 0) is 25.2 Å². The average molecular weight is 252 g/mol. The lowest BCUT2D eigenvalue weighted by Gasteiger charge is -2.21. The number of hydrogen-bond acceptors (Lipinski definition) is 3. The molecule has 18 heavy (non-hydrogen) atoms. The number of carbonyl (C=O) groups excluding carboxylic acids is 2. The SMILES string of the molecule is CCCC(N)CN1C(=O)C2CC(CC)CC2C1=O. The third-order valence-electron chi connectivity index (χ3n) is 4.48. The molecule has 0 aromatic heterocycles. The normalized spacial score (nSPS) is 33.1. The Morgan fingerprint density at radius 1 is 1.22 bits per heavy atom. The minimum Gasteiger partial charge on any atom is -0.326 e. The maximum Gasteiger partial charge on any atom is 0.233 e. The van der Waals surface area contributed by atoms with Crippen LogP contribution in [0, 0.1) is 17.8 Å². The van der Waals surface area contributed by atoms with Gasteiger partial charge in [0.15, 0.2) is 0 Å². The zero-order valence-electron chi connectivity index (χ0n) is 11.4. The highest BCUT2D eigenvalue weighted by molar-refractivity contribution is 6.05. The highest BCUT2D eigenvalue weighted by Gasteiger charge is 2.52. The first-order chi connectivity index (χ1) is 8.58. The molecule has 4 heteroatoms. The largest absolute Gasteiger partial charge is 0.326 e. The summed E-state index contributed by atoms with van der Waals surface area (Å²) in [5.41, 5.74) is 5.95. The van der Waals surface area contributed by atoms with E-state index in [2.05, 4.69) is 13.8 Å². The molecule has 102 valence electrons. The van der Waals surface area contributed by atoms with Gasteiger partial charge in [0.25, 0.3) is 0 Å². The summed E-state index contributed by atoms with van der Waals surface area (Å²) in [6.45, 7) is 4.61. The Morgan fingerprint density at radius 2 is 1.78 bits per heavy atom. The molecule has 3 atom stereocenters. The number of nitrogens with two attached hydrogens (primary N) is 1. The Morgan fingerprint density at radius 3 is 2.22 bits per heavy atom. The van der Waals surface area contributed by atoms with Crippen LogP contribution in [0.25, 0.3) is 0 Å². The van der Waals surface area contributed by atoms with E-state index in [0.717, 1.165) is 32.1 Å². The molecule has 1 saturated carbocycles. The fourth-order valence-electron chi connectivity index (χ4n) is 3.41. The highest BCUT2D eigenvalue weighted by Crippen LogP contribution is 2.44. The lowest BCUT2D eigenvalue weighted by atomic mass is 10.00. The van der Waals surface area contributed by atoms with E-state index in [1.807, 2.05) is 0 Å². The Hall–Kier alpha value is -0.900. The molecule has 2 N–H and O–H groups in total. The average Bonchev–Trinajstić information content (AvgIpc) is 2.86. The third-order valence-corrected chi connectivity index (χ3v) is 4.48. The van der Waals surface area contributed by atoms with Crippen LogP contribution in [-0.2, 0) is 9.59 Å². The molecule has 2 rings (SSSR count). The second-order valence-corrected chi connectivity index (χ2v) is 5.79. The van der Waals surface area contributed by atoms with Gasteiger partial charge in [0.2, 0.25) is 11.8 Å². The Labute approximate surface area is 109 Å². The van der Waals surface area contributed by atoms with Gasteiger partial charge in [0.1, 0.15) is 0 Å². The summed E-state index contributed by atoms with van der Waals surface area (Å²) in [5.74, 6) is 0.534. The quantitative estimate of drug-likeness (QED) is 0.755. The van der Waals surface area contributed by atoms with Crippen molar-refractivity contribution in [3.63, 3.8) is 0 Å². The predicted octanol–water partition coefficient (Wildman–Crippen LogP) is 1.53. The number of nitrogens with zero attached hydrogens (tertiary/aromatic N) is 1. The first kappa shape index (κ1) is 13.5. The van der Waals surface area contributed by atoms with Gasteiger partial charge in [0.05, 0.1) is 11.8 Å². The molecule has 1 aliphatic heterocycles. The summed E-state index contributed by atoms with van der Waals surface area (Å²) in [6, 6.07) is -0.0660. The number of imide groups is 1. The fraction of sp³-hybridized carbons (Fsp3) is 0.857. The van der Waals surface area contributed by atoms with E-state index in [9.17, 15) is 9.59 Å². The maximum absolute atomic E-state index is 12.2. The van der Waals surface area contributed by atoms with Crippen molar-refractivity contribution < 1.29 is 9.59 Å². The van der Waals surface area contributed by atoms with Gasteiger partial charge in [-0.15, -0.1) is 0 Å². The molecule has 3 unspecified atom stereocenters. The van der Waals surface area contributed by atoms with Crippen molar-refractivity contribution in [2.45, 2.75) is 52.0 Å². The molecule has 1 heterocycles. The number of hydrogen-bond donors (Lipinski definition) is 1. The van der Waals surface area contributed by atoms with Gasteiger partial charge in [-0.2, -0.15) is 0 Å². The molecule has 0 radical (unpaired) electrons. The monoisotopic (exact) mass is 252 g/mol. The summed E-state index contributed by atoms with van der Waals surface area (Å²) in [4.78, 5) is 25.9. The summed E-state index contributed by atoms with van der Waals surface area (Å²) in [6.07, 6.45) is 4.71. The van der Waals surface area contributed by atoms with E-state index in [4.69, 9.17) is 5.73 Å². The molecule has 1 saturated heterocycles. The van der Waals surface area contributed by atoms with E-state index in [1.165, 1.54) is 4.90 Å². The molecular formula is C14H24N2O2. The molecule has 0 aromatic rings. The van der Waals surface area contributed by atoms with Crippen LogP contribution in [0.5, 0.6) is 0 Å². The number of carbonyl (C=O) groups is 2. The maximum atomic E-state index is 12.2. The molecule has 2 fully saturated rings. The van der Waals surface area contributed by atoms with Gasteiger partial charge in [-0.1, -0.05) is 26.7 Å². The van der Waals surface area contributed by atoms with Gasteiger partial charge in [0, 0.05) is 12.6 Å². The summed E-state index contributed by atoms with van der Waals surface area (Å²) in [5, 5.41) is 0. The minimum absolute atomic E-state index is 0.0347. The fourth-order valence-corrected chi connectivity index (χ4v) is 3.41. The van der Waals surface area contributed by atoms with Crippen LogP contribution >= 0.6 is 0 Å². The van der Waals surface area contributed by atoms with E-state index >= 15 is 0 Å². The second kappa shape index (κ2) is 5.39. The molecule has 4 nitrogen and oxygen atoms in total. The van der Waals surface area contributed by atoms with Crippen LogP contribution < -0.4 is 5.73 Å². The van der Waals surface area contributed by atoms with Gasteiger partial charge in [-0.3, -0.25) is 14.5 Å².